The third-order valence-electron chi connectivity index (χ3n) is 6.84. The number of ether oxygens (including phenoxy) is 2. The van der Waals surface area contributed by atoms with Crippen LogP contribution in [0.4, 0.5) is 16.2 Å². The molecule has 222 valence electrons. The van der Waals surface area contributed by atoms with E-state index in [4.69, 9.17) is 35.9 Å². The zero-order valence-corrected chi connectivity index (χ0v) is 24.2. The number of esters is 1. The highest BCUT2D eigenvalue weighted by molar-refractivity contribution is 7.52. The molecule has 0 amide bonds. The minimum Gasteiger partial charge on any atom is -0.462 e. The predicted octanol–water partition coefficient (Wildman–Crippen LogP) is 2.54. The van der Waals surface area contributed by atoms with Crippen molar-refractivity contribution in [2.75, 3.05) is 24.0 Å². The fourth-order valence-electron chi connectivity index (χ4n) is 4.83. The molecule has 1 aliphatic heterocycles. The van der Waals surface area contributed by atoms with Crippen LogP contribution in [0, 0.1) is 0 Å². The molecular weight excluding hydrogens is 584 g/mol. The third kappa shape index (κ3) is 4.90. The van der Waals surface area contributed by atoms with Crippen molar-refractivity contribution in [2.45, 2.75) is 62.6 Å². The van der Waals surface area contributed by atoms with E-state index >= 15 is 4.39 Å². The maximum Gasteiger partial charge on any atom is 0.459 e. The van der Waals surface area contributed by atoms with Crippen molar-refractivity contribution in [3.05, 3.63) is 36.7 Å². The number of para-hydroxylation sites is 1. The molecule has 7 atom stereocenters. The Morgan fingerprint density at radius 2 is 2.02 bits per heavy atom. The molecule has 17 heteroatoms. The summed E-state index contributed by atoms with van der Waals surface area (Å²) in [5.41, 5.74) is 2.07. The van der Waals surface area contributed by atoms with E-state index in [1.807, 2.05) is 0 Å². The molecule has 3 aromatic rings. The molecule has 2 aromatic heterocycles. The summed E-state index contributed by atoms with van der Waals surface area (Å²) >= 11 is 6.22. The molecule has 5 rings (SSSR count). The lowest BCUT2D eigenvalue weighted by Gasteiger charge is -2.27. The van der Waals surface area contributed by atoms with Crippen LogP contribution in [0.2, 0.25) is 0 Å². The Kier molecular flexibility index (Phi) is 7.64. The number of aliphatic hydroxyl groups is 1. The summed E-state index contributed by atoms with van der Waals surface area (Å²) < 4.78 is 54.0. The second kappa shape index (κ2) is 10.6. The van der Waals surface area contributed by atoms with Gasteiger partial charge < -0.3 is 30.2 Å². The number of nitrogens with zero attached hydrogens (tertiary/aromatic N) is 4. The van der Waals surface area contributed by atoms with Gasteiger partial charge in [-0.25, -0.2) is 13.9 Å². The van der Waals surface area contributed by atoms with Gasteiger partial charge in [0.05, 0.1) is 18.3 Å². The quantitative estimate of drug-likeness (QED) is 0.141. The van der Waals surface area contributed by atoms with Gasteiger partial charge >= 0.3 is 13.7 Å². The monoisotopic (exact) mass is 613 g/mol. The first kappa shape index (κ1) is 29.4. The normalized spacial score (nSPS) is 29.1. The molecule has 0 radical (unpaired) electrons. The average Bonchev–Trinajstić information content (AvgIpc) is 3.16. The summed E-state index contributed by atoms with van der Waals surface area (Å²) in [7, 11) is -2.87. The number of fused-ring (bicyclic) bond motifs is 2. The summed E-state index contributed by atoms with van der Waals surface area (Å²) in [6.45, 7) is 4.71. The highest BCUT2D eigenvalue weighted by Crippen LogP contribution is 2.69. The van der Waals surface area contributed by atoms with Gasteiger partial charge in [0.2, 0.25) is 5.95 Å². The van der Waals surface area contributed by atoms with Gasteiger partial charge in [0.1, 0.15) is 23.5 Å². The SMILES string of the molecule is CNc1nc(N)nc2c1ncn2[C@@H]1O[C@]2(CCl)[C@@H](O[P@](=O)(N[C@H](C)C(=O)OC(C)C)Oc3ccccc3)[C@]2(O)[C@@H]1F. The summed E-state index contributed by atoms with van der Waals surface area (Å²) in [6.07, 6.45) is -4.30. The zero-order chi connectivity index (χ0) is 29.7. The van der Waals surface area contributed by atoms with Crippen molar-refractivity contribution in [1.82, 2.24) is 24.6 Å². The van der Waals surface area contributed by atoms with Crippen LogP contribution in [0.5, 0.6) is 5.75 Å². The minimum absolute atomic E-state index is 0.0932. The van der Waals surface area contributed by atoms with Crippen LogP contribution >= 0.6 is 19.3 Å². The van der Waals surface area contributed by atoms with Crippen LogP contribution in [0.3, 0.4) is 0 Å². The van der Waals surface area contributed by atoms with E-state index in [0.717, 1.165) is 0 Å². The Hall–Kier alpha value is -3.07. The Bertz CT molecular complexity index is 1500. The number of benzene rings is 1. The lowest BCUT2D eigenvalue weighted by atomic mass is 10.1. The molecule has 14 nitrogen and oxygen atoms in total. The summed E-state index contributed by atoms with van der Waals surface area (Å²) in [5.74, 6) is -0.816. The molecule has 1 saturated carbocycles. The highest BCUT2D eigenvalue weighted by atomic mass is 35.5. The van der Waals surface area contributed by atoms with Crippen molar-refractivity contribution < 1.29 is 37.4 Å². The smallest absolute Gasteiger partial charge is 0.459 e. The number of carbonyl (C=O) groups excluding carboxylic acids is 1. The summed E-state index contributed by atoms with van der Waals surface area (Å²) in [5, 5.41) is 16.9. The highest BCUT2D eigenvalue weighted by Gasteiger charge is 2.90. The Morgan fingerprint density at radius 3 is 2.63 bits per heavy atom. The minimum atomic E-state index is -4.48. The van der Waals surface area contributed by atoms with E-state index in [9.17, 15) is 14.5 Å². The first-order chi connectivity index (χ1) is 19.4. The summed E-state index contributed by atoms with van der Waals surface area (Å²) in [6, 6.07) is 6.83. The van der Waals surface area contributed by atoms with Gasteiger partial charge in [-0.3, -0.25) is 13.9 Å². The number of anilines is 2. The molecule has 1 aliphatic carbocycles. The largest absolute Gasteiger partial charge is 0.462 e. The van der Waals surface area contributed by atoms with Crippen LogP contribution in [-0.2, 0) is 23.4 Å². The second-order valence-corrected chi connectivity index (χ2v) is 11.9. The van der Waals surface area contributed by atoms with Gasteiger partial charge in [-0.2, -0.15) is 15.1 Å². The third-order valence-corrected chi connectivity index (χ3v) is 8.88. The molecule has 3 heterocycles. The number of halogens is 2. The van der Waals surface area contributed by atoms with E-state index < -0.39 is 61.4 Å². The van der Waals surface area contributed by atoms with Crippen LogP contribution in [0.1, 0.15) is 27.0 Å². The molecular formula is C24H30ClFN7O7P. The molecule has 2 aliphatic rings. The van der Waals surface area contributed by atoms with Gasteiger partial charge in [0.15, 0.2) is 35.0 Å². The standard InChI is InChI=1S/C24H30ClFN7O7P/c1-12(2)37-20(34)13(3)32-41(36,39-14-8-6-5-7-9-14)40-21-23(10-25)24(21,35)16(26)19(38-23)33-11-29-15-17(28-4)30-22(27)31-18(15)33/h5-9,11-13,16,19,21,35H,10H2,1-4H3,(H,32,36)(H3,27,28,30,31)/t13-,16-,19-,21-,23-,24-,41+/m1/s1. The lowest BCUT2D eigenvalue weighted by Crippen LogP contribution is -2.38. The number of hydrogen-bond donors (Lipinski definition) is 4. The van der Waals surface area contributed by atoms with Gasteiger partial charge in [-0.1, -0.05) is 18.2 Å². The maximum atomic E-state index is 16.1. The van der Waals surface area contributed by atoms with Crippen molar-refractivity contribution in [3.63, 3.8) is 0 Å². The van der Waals surface area contributed by atoms with Gasteiger partial charge in [-0.15, -0.1) is 11.6 Å². The predicted molar refractivity (Wildman–Crippen MR) is 146 cm³/mol. The molecule has 1 saturated heterocycles. The van der Waals surface area contributed by atoms with E-state index in [1.165, 1.54) is 30.0 Å². The van der Waals surface area contributed by atoms with Crippen molar-refractivity contribution in [1.29, 1.82) is 0 Å². The molecule has 5 N–H and O–H groups in total. The lowest BCUT2D eigenvalue weighted by molar-refractivity contribution is -0.149. The van der Waals surface area contributed by atoms with Crippen LogP contribution < -0.4 is 20.7 Å². The zero-order valence-electron chi connectivity index (χ0n) is 22.5. The van der Waals surface area contributed by atoms with Crippen LogP contribution in [0.25, 0.3) is 11.2 Å². The van der Waals surface area contributed by atoms with Crippen LogP contribution in [-0.4, -0.2) is 79.1 Å². The van der Waals surface area contributed by atoms with Crippen molar-refractivity contribution in [3.8, 4) is 5.75 Å². The Morgan fingerprint density at radius 1 is 1.32 bits per heavy atom. The molecule has 0 unspecified atom stereocenters. The fourth-order valence-corrected chi connectivity index (χ4v) is 6.99. The number of nitrogens with one attached hydrogen (secondary N) is 2. The summed E-state index contributed by atoms with van der Waals surface area (Å²) in [4.78, 5) is 24.9. The van der Waals surface area contributed by atoms with Gasteiger partial charge in [0, 0.05) is 7.05 Å². The van der Waals surface area contributed by atoms with Gasteiger partial charge in [0.25, 0.3) is 0 Å². The van der Waals surface area contributed by atoms with E-state index in [0.29, 0.717) is 11.3 Å². The molecule has 1 aromatic carbocycles. The van der Waals surface area contributed by atoms with Crippen LogP contribution in [0.15, 0.2) is 36.7 Å². The number of carbonyl (C=O) groups is 1. The Labute approximate surface area is 239 Å². The number of aromatic nitrogens is 4. The molecule has 2 fully saturated rings. The first-order valence-electron chi connectivity index (χ1n) is 12.7. The second-order valence-electron chi connectivity index (χ2n) is 9.99. The first-order valence-corrected chi connectivity index (χ1v) is 14.8. The number of hydrogen-bond acceptors (Lipinski definition) is 12. The number of imidazole rings is 1. The Balaban J connectivity index is 1.44. The fraction of sp³-hybridized carbons (Fsp3) is 0.500. The van der Waals surface area contributed by atoms with Crippen molar-refractivity contribution in [2.24, 2.45) is 0 Å². The number of alkyl halides is 2. The van der Waals surface area contributed by atoms with Gasteiger partial charge in [-0.05, 0) is 32.9 Å². The molecule has 0 bridgehead atoms. The number of nitrogens with two attached hydrogens (primary N) is 1. The number of nitrogen functional groups attached to an aromatic ring is 1. The molecule has 0 spiro atoms. The van der Waals surface area contributed by atoms with E-state index in [2.05, 4.69) is 25.4 Å². The van der Waals surface area contributed by atoms with E-state index in [-0.39, 0.29) is 17.3 Å². The molecule has 41 heavy (non-hydrogen) atoms. The maximum absolute atomic E-state index is 16.1. The average molecular weight is 614 g/mol. The number of rotatable bonds is 11. The topological polar surface area (TPSA) is 185 Å². The van der Waals surface area contributed by atoms with E-state index in [1.54, 1.807) is 39.1 Å². The van der Waals surface area contributed by atoms with Crippen molar-refractivity contribution >= 4 is 48.2 Å².